The third-order valence-corrected chi connectivity index (χ3v) is 13.3. The Morgan fingerprint density at radius 3 is 2.48 bits per heavy atom. The first-order valence-electron chi connectivity index (χ1n) is 19.9. The molecule has 3 N–H and O–H groups in total. The summed E-state index contributed by atoms with van der Waals surface area (Å²) in [5.74, 6) is -2.69. The van der Waals surface area contributed by atoms with Gasteiger partial charge in [0.15, 0.2) is 5.82 Å². The number of amides is 5. The second kappa shape index (κ2) is 15.7. The molecule has 60 heavy (non-hydrogen) atoms. The summed E-state index contributed by atoms with van der Waals surface area (Å²) in [6, 6.07) is 8.53. The first-order valence-corrected chi connectivity index (χ1v) is 21.5. The van der Waals surface area contributed by atoms with E-state index in [0.29, 0.717) is 42.2 Å². The van der Waals surface area contributed by atoms with Crippen molar-refractivity contribution in [2.24, 2.45) is 5.92 Å². The summed E-state index contributed by atoms with van der Waals surface area (Å²) >= 11 is 0. The van der Waals surface area contributed by atoms with E-state index in [0.717, 1.165) is 25.0 Å². The SMILES string of the molecule is CN(C)C(=O)N[C@H]1CCCCC/C=C\[C@@H]2C[C@@]2(C(=O)NS(=O)(=O)C2CC2)NC(=O)[C@@H]2C[C@@H](Oc3nc(-c4ccc(C(F)(F)F)cc4)nc4c3oc3ccccc34)CN2C1=O. The normalized spacial score (nSPS) is 25.6. The number of hydrogen-bond donors (Lipinski definition) is 3. The van der Waals surface area contributed by atoms with Crippen molar-refractivity contribution in [2.75, 3.05) is 20.6 Å². The number of carbonyl (C=O) groups is 4. The largest absolute Gasteiger partial charge is 0.470 e. The van der Waals surface area contributed by atoms with Crippen LogP contribution in [0.3, 0.4) is 0 Å². The molecule has 5 atom stereocenters. The number of nitrogens with one attached hydrogen (secondary N) is 3. The Morgan fingerprint density at radius 1 is 1.02 bits per heavy atom. The molecule has 318 valence electrons. The molecule has 2 aromatic carbocycles. The monoisotopic (exact) mass is 851 g/mol. The summed E-state index contributed by atoms with van der Waals surface area (Å²) in [5.41, 5.74) is -1.31. The van der Waals surface area contributed by atoms with Crippen LogP contribution in [-0.2, 0) is 30.6 Å². The van der Waals surface area contributed by atoms with Crippen molar-refractivity contribution in [2.45, 2.75) is 92.9 Å². The highest BCUT2D eigenvalue weighted by atomic mass is 32.2. The summed E-state index contributed by atoms with van der Waals surface area (Å²) < 4.78 is 80.9. The highest BCUT2D eigenvalue weighted by Crippen LogP contribution is 2.46. The first-order chi connectivity index (χ1) is 28.5. The van der Waals surface area contributed by atoms with Crippen molar-refractivity contribution in [1.29, 1.82) is 0 Å². The molecular formula is C41H44F3N7O8S. The molecule has 4 aromatic rings. The molecule has 19 heteroatoms. The number of para-hydroxylation sites is 1. The van der Waals surface area contributed by atoms with Crippen LogP contribution in [0, 0.1) is 5.92 Å². The standard InChI is InChI=1S/C41H44F3N7O8S/c1-50(2)39(55)45-29-12-7-5-3-4-6-10-25-21-40(25,38(54)49-60(56,57)27-18-19-27)48-35(52)30-20-26(22-51(30)37(29)53)58-36-33-32(28-11-8-9-13-31(28)59-33)46-34(47-36)23-14-16-24(17-15-23)41(42,43)44/h6,8-11,13-17,25-27,29-30H,3-5,7,12,18-22H2,1-2H3,(H,45,55)(H,48,52)(H,49,54)/b10-6-/t25-,26-,29+,30+,40-/m1/s1. The van der Waals surface area contributed by atoms with Crippen LogP contribution in [0.25, 0.3) is 33.5 Å². The number of allylic oxidation sites excluding steroid dienone is 1. The van der Waals surface area contributed by atoms with Crippen molar-refractivity contribution in [3.63, 3.8) is 0 Å². The fraction of sp³-hybridized carbons (Fsp3) is 0.463. The zero-order valence-corrected chi connectivity index (χ0v) is 33.6. The molecule has 8 rings (SSSR count). The van der Waals surface area contributed by atoms with Crippen LogP contribution in [0.15, 0.2) is 65.1 Å². The summed E-state index contributed by atoms with van der Waals surface area (Å²) in [6.45, 7) is -0.175. The smallest absolute Gasteiger partial charge is 0.416 e. The summed E-state index contributed by atoms with van der Waals surface area (Å²) in [6.07, 6.45) is 2.07. The maximum atomic E-state index is 14.6. The van der Waals surface area contributed by atoms with E-state index in [4.69, 9.17) is 9.15 Å². The highest BCUT2D eigenvalue weighted by molar-refractivity contribution is 7.91. The van der Waals surface area contributed by atoms with Crippen LogP contribution in [-0.4, -0.2) is 102 Å². The number of halogens is 3. The molecule has 2 aliphatic heterocycles. The van der Waals surface area contributed by atoms with Crippen LogP contribution < -0.4 is 20.1 Å². The van der Waals surface area contributed by atoms with Gasteiger partial charge in [0.1, 0.15) is 34.8 Å². The van der Waals surface area contributed by atoms with Gasteiger partial charge in [-0.05, 0) is 62.8 Å². The number of carbonyl (C=O) groups excluding carboxylic acids is 4. The number of aromatic nitrogens is 2. The Bertz CT molecular complexity index is 2490. The highest BCUT2D eigenvalue weighted by Gasteiger charge is 2.62. The van der Waals surface area contributed by atoms with E-state index in [9.17, 15) is 40.8 Å². The second-order valence-corrected chi connectivity index (χ2v) is 18.1. The van der Waals surface area contributed by atoms with Crippen LogP contribution >= 0.6 is 0 Å². The zero-order chi connectivity index (χ0) is 42.6. The van der Waals surface area contributed by atoms with Crippen molar-refractivity contribution in [3.05, 3.63) is 66.2 Å². The molecule has 0 spiro atoms. The zero-order valence-electron chi connectivity index (χ0n) is 32.8. The van der Waals surface area contributed by atoms with Gasteiger partial charge in [0.2, 0.25) is 27.4 Å². The summed E-state index contributed by atoms with van der Waals surface area (Å²) in [7, 11) is -0.889. The Morgan fingerprint density at radius 2 is 1.77 bits per heavy atom. The van der Waals surface area contributed by atoms with Crippen LogP contribution in [0.2, 0.25) is 0 Å². The first kappa shape index (κ1) is 41.0. The number of sulfonamides is 1. The summed E-state index contributed by atoms with van der Waals surface area (Å²) in [4.78, 5) is 67.6. The third kappa shape index (κ3) is 8.23. The van der Waals surface area contributed by atoms with Crippen LogP contribution in [0.1, 0.15) is 63.4 Å². The average molecular weight is 852 g/mol. The average Bonchev–Trinajstić information content (AvgIpc) is 4.11. The number of alkyl halides is 3. The van der Waals surface area contributed by atoms with E-state index in [1.54, 1.807) is 24.3 Å². The lowest BCUT2D eigenvalue weighted by molar-refractivity contribution is -0.141. The Kier molecular flexibility index (Phi) is 10.7. The molecular weight excluding hydrogens is 808 g/mol. The van der Waals surface area contributed by atoms with Gasteiger partial charge < -0.3 is 29.6 Å². The van der Waals surface area contributed by atoms with E-state index >= 15 is 0 Å². The molecule has 5 amide bonds. The molecule has 1 saturated heterocycles. The number of furan rings is 1. The molecule has 2 aromatic heterocycles. The van der Waals surface area contributed by atoms with E-state index in [1.165, 1.54) is 36.0 Å². The molecule has 4 heterocycles. The van der Waals surface area contributed by atoms with Gasteiger partial charge in [0.25, 0.3) is 11.8 Å². The van der Waals surface area contributed by atoms with Gasteiger partial charge in [-0.25, -0.2) is 18.2 Å². The van der Waals surface area contributed by atoms with Crippen molar-refractivity contribution in [1.82, 2.24) is 35.1 Å². The molecule has 3 fully saturated rings. The predicted octanol–water partition coefficient (Wildman–Crippen LogP) is 5.05. The van der Waals surface area contributed by atoms with Gasteiger partial charge in [-0.15, -0.1) is 0 Å². The van der Waals surface area contributed by atoms with Crippen LogP contribution in [0.5, 0.6) is 5.88 Å². The van der Waals surface area contributed by atoms with E-state index in [-0.39, 0.29) is 48.7 Å². The maximum absolute atomic E-state index is 14.6. The van der Waals surface area contributed by atoms with E-state index < -0.39 is 80.4 Å². The lowest BCUT2D eigenvalue weighted by atomic mass is 10.0. The Hall–Kier alpha value is -5.72. The van der Waals surface area contributed by atoms with Gasteiger partial charge in [0.05, 0.1) is 17.4 Å². The van der Waals surface area contributed by atoms with Gasteiger partial charge in [-0.2, -0.15) is 18.2 Å². The van der Waals surface area contributed by atoms with E-state index in [2.05, 4.69) is 25.3 Å². The molecule has 0 unspecified atom stereocenters. The number of benzene rings is 2. The molecule has 0 bridgehead atoms. The van der Waals surface area contributed by atoms with Gasteiger partial charge in [-0.1, -0.05) is 49.3 Å². The van der Waals surface area contributed by atoms with E-state index in [1.807, 2.05) is 12.2 Å². The third-order valence-electron chi connectivity index (χ3n) is 11.5. The topological polar surface area (TPSA) is 193 Å². The van der Waals surface area contributed by atoms with Gasteiger partial charge >= 0.3 is 12.2 Å². The molecule has 4 aliphatic rings. The molecule has 2 aliphatic carbocycles. The Labute approximate surface area is 343 Å². The number of ether oxygens (including phenoxy) is 1. The number of fused-ring (bicyclic) bond motifs is 5. The lowest BCUT2D eigenvalue weighted by Gasteiger charge is -2.30. The quantitative estimate of drug-likeness (QED) is 0.212. The molecule has 15 nitrogen and oxygen atoms in total. The molecule has 2 saturated carbocycles. The van der Waals surface area contributed by atoms with Gasteiger partial charge in [-0.3, -0.25) is 19.1 Å². The number of rotatable bonds is 7. The Balaban J connectivity index is 1.15. The number of hydrogen-bond acceptors (Lipinski definition) is 10. The van der Waals surface area contributed by atoms with Crippen molar-refractivity contribution in [3.8, 4) is 17.3 Å². The lowest BCUT2D eigenvalue weighted by Crippen LogP contribution is -2.58. The van der Waals surface area contributed by atoms with Gasteiger partial charge in [0, 0.05) is 37.4 Å². The maximum Gasteiger partial charge on any atom is 0.416 e. The summed E-state index contributed by atoms with van der Waals surface area (Å²) in [5, 5.41) is 5.52. The fourth-order valence-electron chi connectivity index (χ4n) is 7.87. The minimum Gasteiger partial charge on any atom is -0.470 e. The predicted molar refractivity (Wildman–Crippen MR) is 212 cm³/mol. The fourth-order valence-corrected chi connectivity index (χ4v) is 9.23. The van der Waals surface area contributed by atoms with Crippen molar-refractivity contribution >= 4 is 55.8 Å². The minimum atomic E-state index is -4.56. The minimum absolute atomic E-state index is 0.0350. The number of urea groups is 1. The number of nitrogens with zero attached hydrogens (tertiary/aromatic N) is 4. The molecule has 0 radical (unpaired) electrons. The second-order valence-electron chi connectivity index (χ2n) is 16.1. The van der Waals surface area contributed by atoms with Crippen LogP contribution in [0.4, 0.5) is 18.0 Å². The van der Waals surface area contributed by atoms with Crippen molar-refractivity contribution < 1.29 is 49.9 Å².